The number of hydrogen-bond donors (Lipinski definition) is 6. The fourth-order valence-corrected chi connectivity index (χ4v) is 4.69. The van der Waals surface area contributed by atoms with Gasteiger partial charge in [-0.1, -0.05) is 6.92 Å². The van der Waals surface area contributed by atoms with Crippen molar-refractivity contribution in [3.05, 3.63) is 0 Å². The second-order valence-electron chi connectivity index (χ2n) is 5.12. The van der Waals surface area contributed by atoms with E-state index in [0.29, 0.717) is 18.2 Å². The Bertz CT molecular complexity index is 411. The lowest BCUT2D eigenvalue weighted by atomic mass is 9.92. The first-order valence-electron chi connectivity index (χ1n) is 6.12. The van der Waals surface area contributed by atoms with Gasteiger partial charge in [0, 0.05) is 6.54 Å². The average Bonchev–Trinajstić information content (AvgIpc) is 2.27. The highest BCUT2D eigenvalue weighted by atomic mass is 32.1. The molecule has 20 heavy (non-hydrogen) atoms. The van der Waals surface area contributed by atoms with Gasteiger partial charge in [0.15, 0.2) is 5.85 Å². The molecule has 1 aliphatic heterocycles. The van der Waals surface area contributed by atoms with E-state index in [4.69, 9.17) is 24.3 Å². The summed E-state index contributed by atoms with van der Waals surface area (Å²) in [6.45, 7) is 2.43. The van der Waals surface area contributed by atoms with E-state index in [0.717, 1.165) is 6.42 Å². The summed E-state index contributed by atoms with van der Waals surface area (Å²) in [6.07, 6.45) is -0.876. The monoisotopic (exact) mass is 349 g/mol. The number of ether oxygens (including phenoxy) is 1. The lowest BCUT2D eigenvalue weighted by Crippen LogP contribution is -2.48. The van der Waals surface area contributed by atoms with Gasteiger partial charge in [0.1, 0.15) is 6.23 Å². The van der Waals surface area contributed by atoms with Crippen LogP contribution in [0.2, 0.25) is 0 Å². The summed E-state index contributed by atoms with van der Waals surface area (Å²) in [5.74, 6) is -0.819. The van der Waals surface area contributed by atoms with E-state index in [-0.39, 0.29) is 5.92 Å². The predicted octanol–water partition coefficient (Wildman–Crippen LogP) is 0.186. The molecule has 0 aromatic rings. The molecule has 1 rings (SSSR count). The topological polar surface area (TPSA) is 136 Å². The van der Waals surface area contributed by atoms with Gasteiger partial charge < -0.3 is 24.3 Å². The third kappa shape index (κ3) is 6.13. The Labute approximate surface area is 123 Å². The molecule has 1 aliphatic rings. The van der Waals surface area contributed by atoms with E-state index >= 15 is 0 Å². The molecule has 1 saturated heterocycles. The van der Waals surface area contributed by atoms with E-state index in [1.54, 1.807) is 0 Å². The molecule has 4 atom stereocenters. The van der Waals surface area contributed by atoms with Crippen molar-refractivity contribution < 1.29 is 33.4 Å². The highest BCUT2D eigenvalue weighted by Crippen LogP contribution is 2.50. The Hall–Kier alpha value is 0.570. The van der Waals surface area contributed by atoms with Crippen LogP contribution in [0.25, 0.3) is 0 Å². The van der Waals surface area contributed by atoms with Crippen LogP contribution in [-0.4, -0.2) is 50.1 Å². The number of hydrogen-bond acceptors (Lipinski definition) is 5. The van der Waals surface area contributed by atoms with Gasteiger partial charge in [-0.2, -0.15) is 12.6 Å². The van der Waals surface area contributed by atoms with Gasteiger partial charge in [-0.3, -0.25) is 14.4 Å². The molecule has 1 heterocycles. The van der Waals surface area contributed by atoms with E-state index in [1.807, 2.05) is 6.92 Å². The summed E-state index contributed by atoms with van der Waals surface area (Å²) in [4.78, 5) is 36.1. The Morgan fingerprint density at radius 3 is 2.35 bits per heavy atom. The zero-order valence-corrected chi connectivity index (χ0v) is 13.7. The van der Waals surface area contributed by atoms with Crippen LogP contribution in [-0.2, 0) is 13.9 Å². The Kier molecular flexibility index (Phi) is 6.72. The molecule has 0 aromatic carbocycles. The smallest absolute Gasteiger partial charge is 0.347 e. The van der Waals surface area contributed by atoms with Crippen molar-refractivity contribution in [1.29, 1.82) is 0 Å². The minimum absolute atomic E-state index is 0.0354. The SMILES string of the molecule is CC1CC(CS)CNC1OC(CP(=O)(O)O)P(=O)(O)O. The third-order valence-corrected chi connectivity index (χ3v) is 5.83. The van der Waals surface area contributed by atoms with E-state index in [1.165, 1.54) is 0 Å². The predicted molar refractivity (Wildman–Crippen MR) is 76.7 cm³/mol. The molecule has 0 spiro atoms. The molecule has 0 radical (unpaired) electrons. The summed E-state index contributed by atoms with van der Waals surface area (Å²) in [5.41, 5.74) is 0. The van der Waals surface area contributed by atoms with Crippen LogP contribution in [0.1, 0.15) is 13.3 Å². The van der Waals surface area contributed by atoms with E-state index in [9.17, 15) is 9.13 Å². The fourth-order valence-electron chi connectivity index (χ4n) is 2.14. The van der Waals surface area contributed by atoms with Gasteiger partial charge in [-0.15, -0.1) is 0 Å². The van der Waals surface area contributed by atoms with E-state index < -0.39 is 33.4 Å². The first-order valence-corrected chi connectivity index (χ1v) is 10.2. The molecule has 5 N–H and O–H groups in total. The second kappa shape index (κ2) is 7.22. The van der Waals surface area contributed by atoms with Crippen molar-refractivity contribution in [3.63, 3.8) is 0 Å². The van der Waals surface area contributed by atoms with E-state index in [2.05, 4.69) is 17.9 Å². The van der Waals surface area contributed by atoms with Gasteiger partial charge in [-0.25, -0.2) is 0 Å². The van der Waals surface area contributed by atoms with Gasteiger partial charge in [-0.05, 0) is 24.0 Å². The molecule has 0 aromatic heterocycles. The summed E-state index contributed by atoms with van der Waals surface area (Å²) in [6, 6.07) is 0. The molecule has 0 amide bonds. The summed E-state index contributed by atoms with van der Waals surface area (Å²) in [5, 5.41) is 2.99. The number of rotatable bonds is 6. The first kappa shape index (κ1) is 18.6. The van der Waals surface area contributed by atoms with Gasteiger partial charge in [0.25, 0.3) is 0 Å². The quantitative estimate of drug-likeness (QED) is 0.295. The second-order valence-corrected chi connectivity index (χ2v) is 8.93. The molecule has 1 fully saturated rings. The summed E-state index contributed by atoms with van der Waals surface area (Å²) >= 11 is 4.20. The van der Waals surface area contributed by atoms with Crippen LogP contribution in [0.3, 0.4) is 0 Å². The van der Waals surface area contributed by atoms with Gasteiger partial charge >= 0.3 is 15.2 Å². The molecule has 0 saturated carbocycles. The Morgan fingerprint density at radius 2 is 1.95 bits per heavy atom. The molecular formula is C9H21NO7P2S. The molecule has 8 nitrogen and oxygen atoms in total. The van der Waals surface area contributed by atoms with Crippen molar-refractivity contribution in [2.75, 3.05) is 18.5 Å². The minimum atomic E-state index is -4.76. The van der Waals surface area contributed by atoms with Crippen molar-refractivity contribution in [2.45, 2.75) is 25.4 Å². The summed E-state index contributed by atoms with van der Waals surface area (Å²) < 4.78 is 27.5. The maximum atomic E-state index is 11.3. The van der Waals surface area contributed by atoms with Gasteiger partial charge in [0.2, 0.25) is 0 Å². The molecule has 0 bridgehead atoms. The van der Waals surface area contributed by atoms with Crippen LogP contribution < -0.4 is 5.32 Å². The summed E-state index contributed by atoms with van der Waals surface area (Å²) in [7, 11) is -9.34. The maximum absolute atomic E-state index is 11.3. The van der Waals surface area contributed by atoms with Crippen molar-refractivity contribution in [1.82, 2.24) is 5.32 Å². The maximum Gasteiger partial charge on any atom is 0.354 e. The van der Waals surface area contributed by atoms with Crippen LogP contribution in [0.4, 0.5) is 0 Å². The molecule has 11 heteroatoms. The van der Waals surface area contributed by atoms with Crippen LogP contribution in [0.5, 0.6) is 0 Å². The largest absolute Gasteiger partial charge is 0.354 e. The molecule has 120 valence electrons. The van der Waals surface area contributed by atoms with Crippen LogP contribution in [0.15, 0.2) is 0 Å². The Balaban J connectivity index is 2.71. The van der Waals surface area contributed by atoms with Crippen LogP contribution >= 0.6 is 27.8 Å². The number of nitrogens with one attached hydrogen (secondary N) is 1. The zero-order valence-electron chi connectivity index (χ0n) is 11.0. The molecule has 0 aliphatic carbocycles. The molecule has 4 unspecified atom stereocenters. The minimum Gasteiger partial charge on any atom is -0.347 e. The standard InChI is InChI=1S/C9H21NO7P2S/c1-6-2-7(5-20)3-10-9(6)17-8(19(14,15)16)4-18(11,12)13/h6-10,20H,2-5H2,1H3,(H2,11,12,13)(H2,14,15,16). The zero-order chi connectivity index (χ0) is 15.6. The highest BCUT2D eigenvalue weighted by Gasteiger charge is 2.39. The first-order chi connectivity index (χ1) is 9.03. The lowest BCUT2D eigenvalue weighted by Gasteiger charge is -2.36. The Morgan fingerprint density at radius 1 is 1.35 bits per heavy atom. The van der Waals surface area contributed by atoms with Crippen molar-refractivity contribution >= 4 is 27.8 Å². The number of thiol groups is 1. The molecular weight excluding hydrogens is 328 g/mol. The highest BCUT2D eigenvalue weighted by molar-refractivity contribution is 7.80. The average molecular weight is 349 g/mol. The number of piperidine rings is 1. The van der Waals surface area contributed by atoms with Crippen molar-refractivity contribution in [2.24, 2.45) is 11.8 Å². The third-order valence-electron chi connectivity index (χ3n) is 3.16. The van der Waals surface area contributed by atoms with Crippen molar-refractivity contribution in [3.8, 4) is 0 Å². The lowest BCUT2D eigenvalue weighted by molar-refractivity contribution is -0.0469. The van der Waals surface area contributed by atoms with Gasteiger partial charge in [0.05, 0.1) is 6.16 Å². The fraction of sp³-hybridized carbons (Fsp3) is 1.00. The van der Waals surface area contributed by atoms with Crippen LogP contribution in [0, 0.1) is 11.8 Å². The normalized spacial score (nSPS) is 30.2.